The minimum atomic E-state index is 0. The summed E-state index contributed by atoms with van der Waals surface area (Å²) in [4.78, 5) is 0. The Morgan fingerprint density at radius 2 is 1.70 bits per heavy atom. The normalized spacial score (nSPS) is 8.00. The molecule has 0 atom stereocenters. The smallest absolute Gasteiger partial charge is 0.122 e. The summed E-state index contributed by atoms with van der Waals surface area (Å²) >= 11 is 0. The molecule has 0 bridgehead atoms. The number of nitrogens with two attached hydrogens (primary N) is 1. The maximum absolute atomic E-state index is 7.01. The molecule has 1 aromatic carbocycles. The number of hydrogen-bond acceptors (Lipinski definition) is 1. The van der Waals surface area contributed by atoms with Crippen LogP contribution in [0, 0.1) is 5.41 Å². The Morgan fingerprint density at radius 1 is 1.20 bits per heavy atom. The van der Waals surface area contributed by atoms with Crippen LogP contribution in [0.1, 0.15) is 5.56 Å². The molecule has 1 aromatic rings. The zero-order valence-electron chi connectivity index (χ0n) is 5.41. The first-order chi connectivity index (χ1) is 4.30. The average molecular weight is 329 g/mol. The summed E-state index contributed by atoms with van der Waals surface area (Å²) in [6, 6.07) is 9.23. The third-order valence-electron chi connectivity index (χ3n) is 1.08. The molecule has 1 rings (SSSR count). The second kappa shape index (κ2) is 4.40. The van der Waals surface area contributed by atoms with Crippen LogP contribution >= 0.6 is 0 Å². The molecular formula is C7H8BiN2. The topological polar surface area (TPSA) is 49.9 Å². The van der Waals surface area contributed by atoms with Crippen LogP contribution in [0.5, 0.6) is 0 Å². The van der Waals surface area contributed by atoms with E-state index < -0.39 is 0 Å². The van der Waals surface area contributed by atoms with Crippen LogP contribution in [-0.2, 0) is 0 Å². The van der Waals surface area contributed by atoms with E-state index in [9.17, 15) is 0 Å². The van der Waals surface area contributed by atoms with Gasteiger partial charge in [-0.05, 0) is 0 Å². The molecule has 3 heteroatoms. The van der Waals surface area contributed by atoms with Gasteiger partial charge in [-0.15, -0.1) is 0 Å². The van der Waals surface area contributed by atoms with Crippen molar-refractivity contribution >= 4 is 32.0 Å². The SMILES string of the molecule is N=C(N)c1ccccc1.[Bi]. The molecule has 10 heavy (non-hydrogen) atoms. The van der Waals surface area contributed by atoms with Gasteiger partial charge in [0.2, 0.25) is 0 Å². The van der Waals surface area contributed by atoms with Crippen molar-refractivity contribution in [2.24, 2.45) is 5.73 Å². The standard InChI is InChI=1S/C7H8N2.Bi/c8-7(9)6-4-2-1-3-5-6;/h1-5H,(H3,8,9);. The van der Waals surface area contributed by atoms with Crippen LogP contribution in [0.15, 0.2) is 30.3 Å². The van der Waals surface area contributed by atoms with Crippen LogP contribution in [0.3, 0.4) is 0 Å². The van der Waals surface area contributed by atoms with Gasteiger partial charge in [0.1, 0.15) is 5.84 Å². The summed E-state index contributed by atoms with van der Waals surface area (Å²) in [7, 11) is 0. The van der Waals surface area contributed by atoms with Crippen molar-refractivity contribution in [1.82, 2.24) is 0 Å². The van der Waals surface area contributed by atoms with Crippen LogP contribution in [0.25, 0.3) is 0 Å². The minimum Gasteiger partial charge on any atom is -0.384 e. The molecule has 0 heterocycles. The van der Waals surface area contributed by atoms with Crippen LogP contribution < -0.4 is 5.73 Å². The van der Waals surface area contributed by atoms with Crippen molar-refractivity contribution in [3.8, 4) is 0 Å². The number of nitrogen functional groups attached to an aromatic ring is 1. The molecule has 0 aliphatic rings. The number of nitrogens with one attached hydrogen (secondary N) is 1. The molecule has 0 amide bonds. The molecular weight excluding hydrogens is 321 g/mol. The molecule has 0 spiro atoms. The molecule has 0 saturated heterocycles. The Morgan fingerprint density at radius 3 is 2.00 bits per heavy atom. The maximum Gasteiger partial charge on any atom is 0.122 e. The first-order valence-electron chi connectivity index (χ1n) is 2.70. The quantitative estimate of drug-likeness (QED) is 0.442. The molecule has 0 aliphatic heterocycles. The van der Waals surface area contributed by atoms with E-state index in [2.05, 4.69) is 0 Å². The molecule has 3 N–H and O–H groups in total. The fourth-order valence-corrected chi connectivity index (χ4v) is 0.618. The van der Waals surface area contributed by atoms with Gasteiger partial charge in [0.15, 0.2) is 0 Å². The van der Waals surface area contributed by atoms with Crippen LogP contribution in [0.2, 0.25) is 0 Å². The molecule has 0 unspecified atom stereocenters. The van der Waals surface area contributed by atoms with Gasteiger partial charge in [-0.3, -0.25) is 5.41 Å². The number of amidine groups is 1. The first-order valence-corrected chi connectivity index (χ1v) is 2.70. The summed E-state index contributed by atoms with van der Waals surface area (Å²) in [5, 5.41) is 7.01. The van der Waals surface area contributed by atoms with Crippen molar-refractivity contribution in [2.75, 3.05) is 0 Å². The Labute approximate surface area is 79.1 Å². The van der Waals surface area contributed by atoms with E-state index >= 15 is 0 Å². The van der Waals surface area contributed by atoms with Gasteiger partial charge >= 0.3 is 0 Å². The largest absolute Gasteiger partial charge is 0.384 e. The van der Waals surface area contributed by atoms with Gasteiger partial charge in [0.05, 0.1) is 0 Å². The predicted molar refractivity (Wildman–Crippen MR) is 43.2 cm³/mol. The van der Waals surface area contributed by atoms with Crippen molar-refractivity contribution in [3.63, 3.8) is 0 Å². The van der Waals surface area contributed by atoms with Gasteiger partial charge in [-0.1, -0.05) is 30.3 Å². The number of hydrogen-bond donors (Lipinski definition) is 2. The van der Waals surface area contributed by atoms with Gasteiger partial charge < -0.3 is 5.73 Å². The predicted octanol–water partition coefficient (Wildman–Crippen LogP) is 0.590. The summed E-state index contributed by atoms with van der Waals surface area (Å²) in [6.45, 7) is 0. The fraction of sp³-hybridized carbons (Fsp3) is 0. The van der Waals surface area contributed by atoms with Gasteiger partial charge in [-0.2, -0.15) is 0 Å². The van der Waals surface area contributed by atoms with Gasteiger partial charge in [0.25, 0.3) is 0 Å². The Kier molecular flexibility index (Phi) is 4.21. The van der Waals surface area contributed by atoms with E-state index in [-0.39, 0.29) is 32.0 Å². The maximum atomic E-state index is 7.01. The van der Waals surface area contributed by atoms with E-state index in [0.29, 0.717) is 0 Å². The first kappa shape index (κ1) is 9.57. The van der Waals surface area contributed by atoms with Gasteiger partial charge in [0, 0.05) is 31.8 Å². The molecule has 3 radical (unpaired) electrons. The number of benzene rings is 1. The van der Waals surface area contributed by atoms with E-state index in [1.807, 2.05) is 30.3 Å². The second-order valence-corrected chi connectivity index (χ2v) is 1.78. The molecule has 0 saturated carbocycles. The second-order valence-electron chi connectivity index (χ2n) is 1.78. The van der Waals surface area contributed by atoms with Crippen molar-refractivity contribution < 1.29 is 0 Å². The Bertz CT molecular complexity index is 208. The van der Waals surface area contributed by atoms with Crippen LogP contribution in [-0.4, -0.2) is 32.0 Å². The zero-order chi connectivity index (χ0) is 6.69. The molecule has 0 aromatic heterocycles. The number of rotatable bonds is 1. The van der Waals surface area contributed by atoms with E-state index in [1.54, 1.807) is 0 Å². The molecule has 0 aliphatic carbocycles. The summed E-state index contributed by atoms with van der Waals surface area (Å²) in [5.74, 6) is 0.121. The monoisotopic (exact) mass is 329 g/mol. The van der Waals surface area contributed by atoms with E-state index in [4.69, 9.17) is 11.1 Å². The van der Waals surface area contributed by atoms with E-state index in [0.717, 1.165) is 5.56 Å². The van der Waals surface area contributed by atoms with Crippen molar-refractivity contribution in [2.45, 2.75) is 0 Å². The summed E-state index contributed by atoms with van der Waals surface area (Å²) in [5.41, 5.74) is 5.97. The molecule has 51 valence electrons. The summed E-state index contributed by atoms with van der Waals surface area (Å²) < 4.78 is 0. The molecule has 0 fully saturated rings. The fourth-order valence-electron chi connectivity index (χ4n) is 0.618. The minimum absolute atomic E-state index is 0. The van der Waals surface area contributed by atoms with Crippen LogP contribution in [0.4, 0.5) is 0 Å². The Hall–Kier alpha value is -0.427. The summed E-state index contributed by atoms with van der Waals surface area (Å²) in [6.07, 6.45) is 0. The third kappa shape index (κ3) is 2.44. The molecule has 2 nitrogen and oxygen atoms in total. The Balaban J connectivity index is 0.000000810. The average Bonchev–Trinajstić information content (AvgIpc) is 1.90. The third-order valence-corrected chi connectivity index (χ3v) is 1.08. The van der Waals surface area contributed by atoms with Crippen molar-refractivity contribution in [3.05, 3.63) is 35.9 Å². The van der Waals surface area contributed by atoms with Gasteiger partial charge in [-0.25, -0.2) is 0 Å². The van der Waals surface area contributed by atoms with Crippen molar-refractivity contribution in [1.29, 1.82) is 5.41 Å². The van der Waals surface area contributed by atoms with E-state index in [1.165, 1.54) is 0 Å². The zero-order valence-corrected chi connectivity index (χ0v) is 8.89.